The molecule has 1 aromatic carbocycles. The summed E-state index contributed by atoms with van der Waals surface area (Å²) in [5.41, 5.74) is 2.44. The first-order chi connectivity index (χ1) is 11.5. The van der Waals surface area contributed by atoms with Gasteiger partial charge in [-0.05, 0) is 49.4 Å². The number of carboxylic acid groups (broad SMARTS) is 1. The van der Waals surface area contributed by atoms with Crippen LogP contribution >= 0.6 is 0 Å². The molecule has 0 spiro atoms. The number of nitrogens with one attached hydrogen (secondary N) is 2. The van der Waals surface area contributed by atoms with Crippen LogP contribution in [0.3, 0.4) is 0 Å². The van der Waals surface area contributed by atoms with Crippen LogP contribution in [0.25, 0.3) is 0 Å². The third-order valence-electron chi connectivity index (χ3n) is 4.92. The van der Waals surface area contributed by atoms with Crippen LogP contribution < -0.4 is 10.6 Å². The van der Waals surface area contributed by atoms with Crippen molar-refractivity contribution in [3.05, 3.63) is 23.8 Å². The van der Waals surface area contributed by atoms with Gasteiger partial charge in [0.25, 0.3) is 0 Å². The molecule has 0 unspecified atom stereocenters. The zero-order valence-electron chi connectivity index (χ0n) is 13.5. The number of fused-ring (bicyclic) bond motifs is 1. The lowest BCUT2D eigenvalue weighted by Gasteiger charge is -2.27. The van der Waals surface area contributed by atoms with Gasteiger partial charge in [-0.1, -0.05) is 12.8 Å². The SMILES string of the molecule is O=C1CCCc2cc(NC(=O)[C@H]3CCCC[C@H]3C(=O)O)ccc2N1. The molecule has 128 valence electrons. The van der Waals surface area contributed by atoms with Gasteiger partial charge in [0.2, 0.25) is 11.8 Å². The molecule has 1 aliphatic heterocycles. The maximum Gasteiger partial charge on any atom is 0.307 e. The zero-order valence-corrected chi connectivity index (χ0v) is 13.5. The second-order valence-corrected chi connectivity index (χ2v) is 6.60. The topological polar surface area (TPSA) is 95.5 Å². The Morgan fingerprint density at radius 2 is 1.83 bits per heavy atom. The Bertz CT molecular complexity index is 671. The van der Waals surface area contributed by atoms with Gasteiger partial charge in [-0.3, -0.25) is 14.4 Å². The Labute approximate surface area is 140 Å². The van der Waals surface area contributed by atoms with E-state index in [9.17, 15) is 19.5 Å². The largest absolute Gasteiger partial charge is 0.481 e. The van der Waals surface area contributed by atoms with Crippen molar-refractivity contribution in [2.24, 2.45) is 11.8 Å². The van der Waals surface area contributed by atoms with Crippen LogP contribution in [0.1, 0.15) is 44.1 Å². The number of benzene rings is 1. The molecule has 1 saturated carbocycles. The predicted octanol–water partition coefficient (Wildman–Crippen LogP) is 2.79. The summed E-state index contributed by atoms with van der Waals surface area (Å²) in [4.78, 5) is 35.5. The molecule has 3 rings (SSSR count). The van der Waals surface area contributed by atoms with Crippen LogP contribution in [0.2, 0.25) is 0 Å². The first-order valence-corrected chi connectivity index (χ1v) is 8.51. The number of hydrogen-bond acceptors (Lipinski definition) is 3. The summed E-state index contributed by atoms with van der Waals surface area (Å²) >= 11 is 0. The van der Waals surface area contributed by atoms with Gasteiger partial charge in [0.15, 0.2) is 0 Å². The fourth-order valence-electron chi connectivity index (χ4n) is 3.63. The number of hydrogen-bond donors (Lipinski definition) is 3. The Morgan fingerprint density at radius 3 is 2.58 bits per heavy atom. The van der Waals surface area contributed by atoms with Crippen molar-refractivity contribution in [3.63, 3.8) is 0 Å². The lowest BCUT2D eigenvalue weighted by Crippen LogP contribution is -2.36. The summed E-state index contributed by atoms with van der Waals surface area (Å²) in [5, 5.41) is 15.0. The molecule has 6 heteroatoms. The van der Waals surface area contributed by atoms with Crippen LogP contribution in [0.4, 0.5) is 11.4 Å². The summed E-state index contributed by atoms with van der Waals surface area (Å²) in [6.07, 6.45) is 4.97. The number of carbonyl (C=O) groups excluding carboxylic acids is 2. The molecule has 1 fully saturated rings. The maximum atomic E-state index is 12.5. The summed E-state index contributed by atoms with van der Waals surface area (Å²) in [7, 11) is 0. The van der Waals surface area contributed by atoms with E-state index in [0.717, 1.165) is 36.9 Å². The smallest absolute Gasteiger partial charge is 0.307 e. The molecule has 6 nitrogen and oxygen atoms in total. The van der Waals surface area contributed by atoms with Gasteiger partial charge in [-0.25, -0.2) is 0 Å². The second-order valence-electron chi connectivity index (χ2n) is 6.60. The number of carbonyl (C=O) groups is 3. The van der Waals surface area contributed by atoms with Gasteiger partial charge >= 0.3 is 5.97 Å². The van der Waals surface area contributed by atoms with Crippen LogP contribution in [0.5, 0.6) is 0 Å². The summed E-state index contributed by atoms with van der Waals surface area (Å²) < 4.78 is 0. The van der Waals surface area contributed by atoms with Crippen molar-refractivity contribution in [3.8, 4) is 0 Å². The molecule has 2 aliphatic rings. The quantitative estimate of drug-likeness (QED) is 0.794. The number of carboxylic acids is 1. The minimum Gasteiger partial charge on any atom is -0.481 e. The first kappa shape index (κ1) is 16.5. The monoisotopic (exact) mass is 330 g/mol. The Hall–Kier alpha value is -2.37. The molecular weight excluding hydrogens is 308 g/mol. The fraction of sp³-hybridized carbons (Fsp3) is 0.500. The van der Waals surface area contributed by atoms with Gasteiger partial charge in [0.1, 0.15) is 0 Å². The van der Waals surface area contributed by atoms with Gasteiger partial charge in [0.05, 0.1) is 11.8 Å². The number of aliphatic carboxylic acids is 1. The molecule has 2 amide bonds. The Kier molecular flexibility index (Phi) is 4.83. The third kappa shape index (κ3) is 3.58. The average molecular weight is 330 g/mol. The van der Waals surface area contributed by atoms with Gasteiger partial charge in [0, 0.05) is 17.8 Å². The lowest BCUT2D eigenvalue weighted by molar-refractivity contribution is -0.147. The number of rotatable bonds is 3. The van der Waals surface area contributed by atoms with E-state index < -0.39 is 17.8 Å². The van der Waals surface area contributed by atoms with Crippen molar-refractivity contribution < 1.29 is 19.5 Å². The molecular formula is C18H22N2O4. The normalized spacial score (nSPS) is 23.6. The van der Waals surface area contributed by atoms with Crippen LogP contribution in [0, 0.1) is 11.8 Å². The van der Waals surface area contributed by atoms with E-state index in [-0.39, 0.29) is 11.8 Å². The zero-order chi connectivity index (χ0) is 17.1. The molecule has 1 aromatic rings. The van der Waals surface area contributed by atoms with E-state index in [1.165, 1.54) is 0 Å². The average Bonchev–Trinajstić information content (AvgIpc) is 2.75. The van der Waals surface area contributed by atoms with Crippen LogP contribution in [0.15, 0.2) is 18.2 Å². The Morgan fingerprint density at radius 1 is 1.08 bits per heavy atom. The van der Waals surface area contributed by atoms with Crippen molar-refractivity contribution >= 4 is 29.2 Å². The number of amides is 2. The molecule has 1 aliphatic carbocycles. The van der Waals surface area contributed by atoms with E-state index in [2.05, 4.69) is 10.6 Å². The fourth-order valence-corrected chi connectivity index (χ4v) is 3.63. The van der Waals surface area contributed by atoms with Crippen molar-refractivity contribution in [1.29, 1.82) is 0 Å². The lowest BCUT2D eigenvalue weighted by atomic mass is 9.78. The van der Waals surface area contributed by atoms with E-state index in [4.69, 9.17) is 0 Å². The molecule has 3 N–H and O–H groups in total. The van der Waals surface area contributed by atoms with Crippen molar-refractivity contribution in [2.45, 2.75) is 44.9 Å². The first-order valence-electron chi connectivity index (χ1n) is 8.51. The van der Waals surface area contributed by atoms with Crippen molar-refractivity contribution in [1.82, 2.24) is 0 Å². The standard InChI is InChI=1S/C18H22N2O4/c21-16-7-3-4-11-10-12(8-9-15(11)20-16)19-17(22)13-5-1-2-6-14(13)18(23)24/h8-10,13-14H,1-7H2,(H,19,22)(H,20,21)(H,23,24)/t13-,14+/m0/s1. The van der Waals surface area contributed by atoms with Crippen LogP contribution in [-0.2, 0) is 20.8 Å². The van der Waals surface area contributed by atoms with E-state index in [1.807, 2.05) is 6.07 Å². The summed E-state index contributed by atoms with van der Waals surface area (Å²) in [6, 6.07) is 5.42. The highest BCUT2D eigenvalue weighted by Crippen LogP contribution is 2.32. The van der Waals surface area contributed by atoms with Gasteiger partial charge in [-0.15, -0.1) is 0 Å². The summed E-state index contributed by atoms with van der Waals surface area (Å²) in [6.45, 7) is 0. The molecule has 0 saturated heterocycles. The number of aryl methyl sites for hydroxylation is 1. The van der Waals surface area contributed by atoms with Gasteiger partial charge in [-0.2, -0.15) is 0 Å². The Balaban J connectivity index is 1.73. The molecule has 0 aromatic heterocycles. The third-order valence-corrected chi connectivity index (χ3v) is 4.92. The second kappa shape index (κ2) is 7.03. The number of anilines is 2. The highest BCUT2D eigenvalue weighted by Gasteiger charge is 2.35. The molecule has 1 heterocycles. The highest BCUT2D eigenvalue weighted by atomic mass is 16.4. The molecule has 24 heavy (non-hydrogen) atoms. The van der Waals surface area contributed by atoms with Crippen molar-refractivity contribution in [2.75, 3.05) is 10.6 Å². The minimum absolute atomic E-state index is 0.0111. The molecule has 0 radical (unpaired) electrons. The molecule has 0 bridgehead atoms. The van der Waals surface area contributed by atoms with Gasteiger partial charge < -0.3 is 15.7 Å². The molecule has 2 atom stereocenters. The van der Waals surface area contributed by atoms with E-state index >= 15 is 0 Å². The minimum atomic E-state index is -0.889. The van der Waals surface area contributed by atoms with E-state index in [1.54, 1.807) is 12.1 Å². The highest BCUT2D eigenvalue weighted by molar-refractivity contribution is 5.96. The van der Waals surface area contributed by atoms with Crippen LogP contribution in [-0.4, -0.2) is 22.9 Å². The predicted molar refractivity (Wildman–Crippen MR) is 89.7 cm³/mol. The maximum absolute atomic E-state index is 12.5. The summed E-state index contributed by atoms with van der Waals surface area (Å²) in [5.74, 6) is -2.18. The van der Waals surface area contributed by atoms with E-state index in [0.29, 0.717) is 24.9 Å².